The maximum absolute atomic E-state index is 5.90. The average Bonchev–Trinajstić information content (AvgIpc) is 2.38. The predicted molar refractivity (Wildman–Crippen MR) is 76.2 cm³/mol. The first-order chi connectivity index (χ1) is 8.29. The van der Waals surface area contributed by atoms with E-state index in [1.807, 2.05) is 0 Å². The van der Waals surface area contributed by atoms with Gasteiger partial charge in [0.25, 0.3) is 0 Å². The van der Waals surface area contributed by atoms with E-state index in [1.54, 1.807) is 0 Å². The molecule has 0 aromatic heterocycles. The minimum absolute atomic E-state index is 0.754. The van der Waals surface area contributed by atoms with Crippen LogP contribution in [0.4, 0.5) is 0 Å². The minimum atomic E-state index is 0.754. The van der Waals surface area contributed by atoms with E-state index in [-0.39, 0.29) is 0 Å². The van der Waals surface area contributed by atoms with Gasteiger partial charge in [-0.3, -0.25) is 0 Å². The van der Waals surface area contributed by atoms with Gasteiger partial charge in [-0.1, -0.05) is 45.4 Å². The van der Waals surface area contributed by atoms with Crippen LogP contribution in [0.2, 0.25) is 0 Å². The monoisotopic (exact) mass is 240 g/mol. The van der Waals surface area contributed by atoms with Crippen LogP contribution in [-0.2, 0) is 0 Å². The van der Waals surface area contributed by atoms with E-state index >= 15 is 0 Å². The van der Waals surface area contributed by atoms with Crippen LogP contribution >= 0.6 is 0 Å². The number of hydrogen-bond acceptors (Lipinski definition) is 2. The second-order valence-corrected chi connectivity index (χ2v) is 5.74. The van der Waals surface area contributed by atoms with E-state index < -0.39 is 0 Å². The minimum Gasteiger partial charge on any atom is -0.330 e. The van der Waals surface area contributed by atoms with Crippen LogP contribution in [-0.4, -0.2) is 31.1 Å². The molecular formula is C15H32N2. The number of nitrogens with zero attached hydrogens (tertiary/aromatic N) is 1. The molecule has 2 nitrogen and oxygen atoms in total. The van der Waals surface area contributed by atoms with Crippen LogP contribution < -0.4 is 5.73 Å². The molecule has 1 rings (SSSR count). The maximum Gasteiger partial charge on any atom is 0.0132 e. The van der Waals surface area contributed by atoms with Gasteiger partial charge in [-0.25, -0.2) is 0 Å². The zero-order valence-corrected chi connectivity index (χ0v) is 12.0. The molecule has 0 radical (unpaired) electrons. The summed E-state index contributed by atoms with van der Waals surface area (Å²) in [5, 5.41) is 0. The zero-order valence-electron chi connectivity index (χ0n) is 12.0. The summed E-state index contributed by atoms with van der Waals surface area (Å²) in [6.45, 7) is 4.43. The predicted octanol–water partition coefficient (Wildman–Crippen LogP) is 3.41. The maximum atomic E-state index is 5.90. The molecule has 0 aromatic rings. The summed E-state index contributed by atoms with van der Waals surface area (Å²) in [7, 11) is 2.30. The number of hydrogen-bond donors (Lipinski definition) is 1. The lowest BCUT2D eigenvalue weighted by Crippen LogP contribution is -2.43. The quantitative estimate of drug-likeness (QED) is 0.659. The molecule has 1 aliphatic carbocycles. The van der Waals surface area contributed by atoms with E-state index in [4.69, 9.17) is 5.73 Å². The van der Waals surface area contributed by atoms with E-state index in [2.05, 4.69) is 18.9 Å². The summed E-state index contributed by atoms with van der Waals surface area (Å²) in [5.74, 6) is 0.754. The second-order valence-electron chi connectivity index (χ2n) is 5.74. The third-order valence-corrected chi connectivity index (χ3v) is 4.35. The zero-order chi connectivity index (χ0) is 12.5. The molecule has 1 saturated carbocycles. The fourth-order valence-corrected chi connectivity index (χ4v) is 3.17. The van der Waals surface area contributed by atoms with Crippen molar-refractivity contribution in [3.8, 4) is 0 Å². The van der Waals surface area contributed by atoms with Crippen molar-refractivity contribution in [2.75, 3.05) is 20.1 Å². The van der Waals surface area contributed by atoms with Crippen LogP contribution in [0.25, 0.3) is 0 Å². The Morgan fingerprint density at radius 2 is 1.76 bits per heavy atom. The van der Waals surface area contributed by atoms with Crippen LogP contribution in [0.15, 0.2) is 0 Å². The van der Waals surface area contributed by atoms with Gasteiger partial charge in [-0.2, -0.15) is 0 Å². The van der Waals surface area contributed by atoms with Gasteiger partial charge in [-0.05, 0) is 45.3 Å². The van der Waals surface area contributed by atoms with E-state index in [0.29, 0.717) is 0 Å². The Balaban J connectivity index is 2.18. The van der Waals surface area contributed by atoms with Crippen molar-refractivity contribution in [3.63, 3.8) is 0 Å². The third-order valence-electron chi connectivity index (χ3n) is 4.35. The molecule has 1 fully saturated rings. The highest BCUT2D eigenvalue weighted by molar-refractivity contribution is 4.82. The van der Waals surface area contributed by atoms with Crippen LogP contribution in [0.5, 0.6) is 0 Å². The Morgan fingerprint density at radius 3 is 2.47 bits per heavy atom. The summed E-state index contributed by atoms with van der Waals surface area (Å²) < 4.78 is 0. The first-order valence-electron chi connectivity index (χ1n) is 7.70. The second kappa shape index (κ2) is 8.93. The molecular weight excluding hydrogens is 208 g/mol. The highest BCUT2D eigenvalue weighted by atomic mass is 15.1. The molecule has 0 aliphatic heterocycles. The molecule has 2 N–H and O–H groups in total. The fourth-order valence-electron chi connectivity index (χ4n) is 3.17. The van der Waals surface area contributed by atoms with Gasteiger partial charge in [0, 0.05) is 6.04 Å². The SMILES string of the molecule is CCCCCCCN(C)C1CCCCC1CN. The summed E-state index contributed by atoms with van der Waals surface area (Å²) in [5.41, 5.74) is 5.90. The van der Waals surface area contributed by atoms with Gasteiger partial charge in [-0.15, -0.1) is 0 Å². The van der Waals surface area contributed by atoms with Crippen molar-refractivity contribution in [3.05, 3.63) is 0 Å². The highest BCUT2D eigenvalue weighted by Gasteiger charge is 2.26. The van der Waals surface area contributed by atoms with Gasteiger partial charge in [0.05, 0.1) is 0 Å². The van der Waals surface area contributed by atoms with Crippen LogP contribution in [0.3, 0.4) is 0 Å². The number of rotatable bonds is 8. The first-order valence-corrected chi connectivity index (χ1v) is 7.70. The van der Waals surface area contributed by atoms with Gasteiger partial charge in [0.1, 0.15) is 0 Å². The smallest absolute Gasteiger partial charge is 0.0132 e. The molecule has 0 spiro atoms. The molecule has 0 bridgehead atoms. The molecule has 17 heavy (non-hydrogen) atoms. The van der Waals surface area contributed by atoms with E-state index in [9.17, 15) is 0 Å². The van der Waals surface area contributed by atoms with Crippen molar-refractivity contribution >= 4 is 0 Å². The van der Waals surface area contributed by atoms with Gasteiger partial charge in [0.15, 0.2) is 0 Å². The largest absolute Gasteiger partial charge is 0.330 e. The standard InChI is InChI=1S/C15H32N2/c1-3-4-5-6-9-12-17(2)15-11-8-7-10-14(15)13-16/h14-15H,3-13,16H2,1-2H3. The van der Waals surface area contributed by atoms with Crippen LogP contribution in [0, 0.1) is 5.92 Å². The molecule has 0 amide bonds. The lowest BCUT2D eigenvalue weighted by Gasteiger charge is -2.37. The van der Waals surface area contributed by atoms with Gasteiger partial charge in [0.2, 0.25) is 0 Å². The molecule has 2 heteroatoms. The number of unbranched alkanes of at least 4 members (excludes halogenated alkanes) is 4. The van der Waals surface area contributed by atoms with Gasteiger partial charge >= 0.3 is 0 Å². The van der Waals surface area contributed by atoms with Crippen LogP contribution in [0.1, 0.15) is 64.7 Å². The van der Waals surface area contributed by atoms with Crippen molar-refractivity contribution in [1.29, 1.82) is 0 Å². The van der Waals surface area contributed by atoms with E-state index in [1.165, 1.54) is 64.3 Å². The van der Waals surface area contributed by atoms with E-state index in [0.717, 1.165) is 18.5 Å². The van der Waals surface area contributed by atoms with Gasteiger partial charge < -0.3 is 10.6 Å². The molecule has 1 aliphatic rings. The summed E-state index contributed by atoms with van der Waals surface area (Å²) in [6, 6.07) is 0.764. The number of nitrogens with two attached hydrogens (primary N) is 1. The Bertz CT molecular complexity index is 182. The lowest BCUT2D eigenvalue weighted by atomic mass is 9.83. The summed E-state index contributed by atoms with van der Waals surface area (Å²) in [4.78, 5) is 2.59. The molecule has 102 valence electrons. The summed E-state index contributed by atoms with van der Waals surface area (Å²) >= 11 is 0. The Hall–Kier alpha value is -0.0800. The third kappa shape index (κ3) is 5.39. The first kappa shape index (κ1) is 15.0. The molecule has 0 aromatic carbocycles. The molecule has 2 unspecified atom stereocenters. The normalized spacial score (nSPS) is 25.4. The van der Waals surface area contributed by atoms with Crippen molar-refractivity contribution in [2.24, 2.45) is 11.7 Å². The Labute approximate surface area is 108 Å². The lowest BCUT2D eigenvalue weighted by molar-refractivity contribution is 0.131. The molecule has 0 saturated heterocycles. The average molecular weight is 240 g/mol. The topological polar surface area (TPSA) is 29.3 Å². The summed E-state index contributed by atoms with van der Waals surface area (Å²) in [6.07, 6.45) is 12.4. The highest BCUT2D eigenvalue weighted by Crippen LogP contribution is 2.27. The molecule has 0 heterocycles. The Morgan fingerprint density at radius 1 is 1.06 bits per heavy atom. The van der Waals surface area contributed by atoms with Crippen molar-refractivity contribution in [1.82, 2.24) is 4.90 Å². The Kier molecular flexibility index (Phi) is 7.87. The van der Waals surface area contributed by atoms with Crippen molar-refractivity contribution < 1.29 is 0 Å². The molecule has 2 atom stereocenters. The van der Waals surface area contributed by atoms with Crippen molar-refractivity contribution in [2.45, 2.75) is 70.8 Å². The fraction of sp³-hybridized carbons (Fsp3) is 1.00.